The second kappa shape index (κ2) is 6.19. The van der Waals surface area contributed by atoms with E-state index in [1.807, 2.05) is 26.1 Å². The number of nitrogens with one attached hydrogen (secondary N) is 1. The smallest absolute Gasteiger partial charge is 0.318 e. The van der Waals surface area contributed by atoms with Crippen molar-refractivity contribution >= 4 is 17.9 Å². The van der Waals surface area contributed by atoms with Crippen molar-refractivity contribution in [1.82, 2.24) is 10.2 Å². The number of hydrogen-bond donors (Lipinski definition) is 3. The molecule has 0 bridgehead atoms. The lowest BCUT2D eigenvalue weighted by atomic mass is 10.1. The molecule has 0 heterocycles. The molecule has 4 N–H and O–H groups in total. The maximum Gasteiger partial charge on any atom is 0.318 e. The van der Waals surface area contributed by atoms with Crippen LogP contribution in [0.2, 0.25) is 0 Å². The van der Waals surface area contributed by atoms with Gasteiger partial charge in [-0.05, 0) is 20.8 Å². The summed E-state index contributed by atoms with van der Waals surface area (Å²) in [5, 5.41) is 10.6. The topological polar surface area (TPSA) is 113 Å². The van der Waals surface area contributed by atoms with E-state index >= 15 is 0 Å². The molecule has 0 aliphatic rings. The molecule has 0 unspecified atom stereocenters. The number of imide groups is 1. The first-order valence-electron chi connectivity index (χ1n) is 5.19. The van der Waals surface area contributed by atoms with Gasteiger partial charge in [-0.25, -0.2) is 4.79 Å². The zero-order chi connectivity index (χ0) is 13.6. The van der Waals surface area contributed by atoms with Gasteiger partial charge in [0, 0.05) is 12.1 Å². The number of aliphatic carboxylic acids is 1. The fourth-order valence-corrected chi connectivity index (χ4v) is 1.23. The summed E-state index contributed by atoms with van der Waals surface area (Å²) in [6.45, 7) is 5.72. The van der Waals surface area contributed by atoms with Gasteiger partial charge in [-0.15, -0.1) is 0 Å². The van der Waals surface area contributed by atoms with Gasteiger partial charge >= 0.3 is 12.0 Å². The van der Waals surface area contributed by atoms with Crippen LogP contribution >= 0.6 is 0 Å². The van der Waals surface area contributed by atoms with E-state index in [1.54, 1.807) is 4.90 Å². The summed E-state index contributed by atoms with van der Waals surface area (Å²) in [5.41, 5.74) is 4.45. The van der Waals surface area contributed by atoms with Crippen molar-refractivity contribution in [2.24, 2.45) is 5.73 Å². The Bertz CT molecular complexity index is 309. The molecule has 0 atom stereocenters. The molecule has 0 saturated carbocycles. The molecule has 0 aromatic rings. The minimum absolute atomic E-state index is 0.0683. The van der Waals surface area contributed by atoms with Crippen LogP contribution in [-0.2, 0) is 9.59 Å². The first-order chi connectivity index (χ1) is 7.62. The van der Waals surface area contributed by atoms with Crippen LogP contribution in [0.3, 0.4) is 0 Å². The quantitative estimate of drug-likeness (QED) is 0.618. The lowest BCUT2D eigenvalue weighted by Crippen LogP contribution is -2.49. The van der Waals surface area contributed by atoms with Crippen LogP contribution in [0.5, 0.6) is 0 Å². The minimum atomic E-state index is -0.936. The Labute approximate surface area is 100.0 Å². The molecule has 0 aromatic heterocycles. The number of carbonyl (C=O) groups is 3. The van der Waals surface area contributed by atoms with Crippen LogP contribution in [0.25, 0.3) is 0 Å². The highest BCUT2D eigenvalue weighted by Crippen LogP contribution is 2.13. The fourth-order valence-electron chi connectivity index (χ4n) is 1.23. The molecule has 0 saturated heterocycles. The van der Waals surface area contributed by atoms with Crippen molar-refractivity contribution in [3.63, 3.8) is 0 Å². The summed E-state index contributed by atoms with van der Waals surface area (Å²) in [7, 11) is 0. The van der Waals surface area contributed by atoms with Crippen molar-refractivity contribution in [2.45, 2.75) is 32.7 Å². The van der Waals surface area contributed by atoms with E-state index in [9.17, 15) is 14.4 Å². The van der Waals surface area contributed by atoms with Crippen molar-refractivity contribution in [3.8, 4) is 0 Å². The van der Waals surface area contributed by atoms with Crippen LogP contribution in [-0.4, -0.2) is 46.5 Å². The van der Waals surface area contributed by atoms with Gasteiger partial charge in [0.15, 0.2) is 0 Å². The highest BCUT2D eigenvalue weighted by molar-refractivity contribution is 5.94. The Morgan fingerprint density at radius 1 is 1.29 bits per heavy atom. The minimum Gasteiger partial charge on any atom is -0.481 e. The molecular formula is C10H19N3O4. The van der Waals surface area contributed by atoms with Gasteiger partial charge in [-0.2, -0.15) is 0 Å². The third-order valence-electron chi connectivity index (χ3n) is 2.14. The molecule has 0 aliphatic carbocycles. The SMILES string of the molecule is CC(C)(C)N(CCC(=O)O)CC(=O)NC(N)=O. The molecule has 17 heavy (non-hydrogen) atoms. The third kappa shape index (κ3) is 7.29. The van der Waals surface area contributed by atoms with Crippen LogP contribution in [0.4, 0.5) is 4.79 Å². The van der Waals surface area contributed by atoms with Gasteiger partial charge in [0.1, 0.15) is 0 Å². The van der Waals surface area contributed by atoms with Gasteiger partial charge in [0.05, 0.1) is 13.0 Å². The van der Waals surface area contributed by atoms with E-state index < -0.39 is 17.9 Å². The van der Waals surface area contributed by atoms with Gasteiger partial charge in [0.2, 0.25) is 5.91 Å². The first kappa shape index (κ1) is 15.4. The summed E-state index contributed by atoms with van der Waals surface area (Å²) in [6, 6.07) is -0.915. The number of primary amides is 1. The summed E-state index contributed by atoms with van der Waals surface area (Å²) in [5.74, 6) is -1.48. The molecule has 3 amide bonds. The van der Waals surface area contributed by atoms with E-state index in [0.29, 0.717) is 0 Å². The average molecular weight is 245 g/mol. The number of carboxylic acid groups (broad SMARTS) is 1. The number of urea groups is 1. The Morgan fingerprint density at radius 2 is 1.82 bits per heavy atom. The molecule has 98 valence electrons. The van der Waals surface area contributed by atoms with Gasteiger partial charge < -0.3 is 10.8 Å². The number of amides is 3. The van der Waals surface area contributed by atoms with E-state index in [2.05, 4.69) is 0 Å². The average Bonchev–Trinajstić information content (AvgIpc) is 2.08. The van der Waals surface area contributed by atoms with Crippen LogP contribution < -0.4 is 11.1 Å². The molecule has 0 spiro atoms. The molecule has 7 nitrogen and oxygen atoms in total. The molecule has 0 aliphatic heterocycles. The fraction of sp³-hybridized carbons (Fsp3) is 0.700. The molecular weight excluding hydrogens is 226 g/mol. The Hall–Kier alpha value is -1.63. The van der Waals surface area contributed by atoms with E-state index in [-0.39, 0.29) is 25.0 Å². The standard InChI is InChI=1S/C10H19N3O4/c1-10(2,3)13(5-4-8(15)16)6-7(14)12-9(11)17/h4-6H2,1-3H3,(H,15,16)(H3,11,12,14,17). The Kier molecular flexibility index (Phi) is 5.60. The normalized spacial score (nSPS) is 11.3. The third-order valence-corrected chi connectivity index (χ3v) is 2.14. The van der Waals surface area contributed by atoms with Gasteiger partial charge in [-0.1, -0.05) is 0 Å². The van der Waals surface area contributed by atoms with Gasteiger partial charge in [-0.3, -0.25) is 19.8 Å². The number of carboxylic acids is 1. The van der Waals surface area contributed by atoms with Crippen molar-refractivity contribution in [2.75, 3.05) is 13.1 Å². The van der Waals surface area contributed by atoms with Crippen LogP contribution in [0, 0.1) is 0 Å². The zero-order valence-corrected chi connectivity index (χ0v) is 10.3. The van der Waals surface area contributed by atoms with Gasteiger partial charge in [0.25, 0.3) is 0 Å². The van der Waals surface area contributed by atoms with E-state index in [1.165, 1.54) is 0 Å². The maximum absolute atomic E-state index is 11.4. The van der Waals surface area contributed by atoms with Crippen molar-refractivity contribution < 1.29 is 19.5 Å². The van der Waals surface area contributed by atoms with Crippen LogP contribution in [0.15, 0.2) is 0 Å². The number of nitrogens with zero attached hydrogens (tertiary/aromatic N) is 1. The number of hydrogen-bond acceptors (Lipinski definition) is 4. The van der Waals surface area contributed by atoms with Crippen molar-refractivity contribution in [3.05, 3.63) is 0 Å². The predicted molar refractivity (Wildman–Crippen MR) is 61.3 cm³/mol. The molecule has 0 rings (SSSR count). The lowest BCUT2D eigenvalue weighted by Gasteiger charge is -2.34. The highest BCUT2D eigenvalue weighted by Gasteiger charge is 2.24. The summed E-state index contributed by atoms with van der Waals surface area (Å²) in [4.78, 5) is 34.0. The number of rotatable bonds is 5. The maximum atomic E-state index is 11.4. The Morgan fingerprint density at radius 3 is 2.18 bits per heavy atom. The zero-order valence-electron chi connectivity index (χ0n) is 10.3. The second-order valence-electron chi connectivity index (χ2n) is 4.65. The monoisotopic (exact) mass is 245 g/mol. The summed E-state index contributed by atoms with van der Waals surface area (Å²) in [6.07, 6.45) is -0.0683. The highest BCUT2D eigenvalue weighted by atomic mass is 16.4. The molecule has 7 heteroatoms. The first-order valence-corrected chi connectivity index (χ1v) is 5.19. The molecule has 0 radical (unpaired) electrons. The number of nitrogens with two attached hydrogens (primary N) is 1. The second-order valence-corrected chi connectivity index (χ2v) is 4.65. The Balaban J connectivity index is 4.44. The summed E-state index contributed by atoms with van der Waals surface area (Å²) >= 11 is 0. The van der Waals surface area contributed by atoms with E-state index in [0.717, 1.165) is 0 Å². The lowest BCUT2D eigenvalue weighted by molar-refractivity contribution is -0.138. The molecule has 0 aromatic carbocycles. The number of carbonyl (C=O) groups excluding carboxylic acids is 2. The van der Waals surface area contributed by atoms with Crippen LogP contribution in [0.1, 0.15) is 27.2 Å². The molecule has 0 fully saturated rings. The summed E-state index contributed by atoms with van der Waals surface area (Å²) < 4.78 is 0. The largest absolute Gasteiger partial charge is 0.481 e. The predicted octanol–water partition coefficient (Wildman–Crippen LogP) is -0.243. The van der Waals surface area contributed by atoms with Crippen molar-refractivity contribution in [1.29, 1.82) is 0 Å². The van der Waals surface area contributed by atoms with E-state index in [4.69, 9.17) is 10.8 Å².